The number of hydrogen-bond acceptors (Lipinski definition) is 1. The first-order valence-electron chi connectivity index (χ1n) is 11.7. The summed E-state index contributed by atoms with van der Waals surface area (Å²) in [6.07, 6.45) is 0. The predicted molar refractivity (Wildman–Crippen MR) is 141 cm³/mol. The first-order chi connectivity index (χ1) is 16.8. The molecule has 0 bridgehead atoms. The molecule has 0 saturated heterocycles. The van der Waals surface area contributed by atoms with Gasteiger partial charge in [0.2, 0.25) is 0 Å². The van der Waals surface area contributed by atoms with Crippen LogP contribution in [0.1, 0.15) is 16.7 Å². The van der Waals surface area contributed by atoms with Crippen LogP contribution in [-0.2, 0) is 5.60 Å². The monoisotopic (exact) mass is 434 g/mol. The molecule has 0 aromatic heterocycles. The third-order valence-corrected chi connectivity index (χ3v) is 7.29. The lowest BCUT2D eigenvalue weighted by molar-refractivity contribution is 0.133. The van der Waals surface area contributed by atoms with Crippen LogP contribution in [0, 0.1) is 0 Å². The standard InChI is InChI=1S/C33H22O/c34-33(30-21-8-13-23-11-2-4-15-25(23)30)31-20-6-5-16-27(31)29-19-9-18-28(32(29)33)26-17-7-12-22-10-1-3-14-24(22)26/h1-21,34H. The second kappa shape index (κ2) is 7.15. The highest BCUT2D eigenvalue weighted by atomic mass is 16.3. The van der Waals surface area contributed by atoms with E-state index in [4.69, 9.17) is 0 Å². The van der Waals surface area contributed by atoms with E-state index in [0.717, 1.165) is 49.7 Å². The largest absolute Gasteiger partial charge is 0.376 e. The maximum atomic E-state index is 12.9. The molecule has 6 aromatic rings. The van der Waals surface area contributed by atoms with E-state index in [2.05, 4.69) is 109 Å². The average Bonchev–Trinajstić information content (AvgIpc) is 3.17. The fourth-order valence-corrected chi connectivity index (χ4v) is 5.84. The summed E-state index contributed by atoms with van der Waals surface area (Å²) in [5, 5.41) is 17.5. The van der Waals surface area contributed by atoms with Crippen molar-refractivity contribution in [2.75, 3.05) is 0 Å². The lowest BCUT2D eigenvalue weighted by Crippen LogP contribution is -2.27. The lowest BCUT2D eigenvalue weighted by Gasteiger charge is -2.30. The Morgan fingerprint density at radius 1 is 0.382 bits per heavy atom. The van der Waals surface area contributed by atoms with Crippen molar-refractivity contribution in [3.05, 3.63) is 144 Å². The molecule has 6 aromatic carbocycles. The molecule has 0 amide bonds. The van der Waals surface area contributed by atoms with E-state index < -0.39 is 5.60 Å². The van der Waals surface area contributed by atoms with Gasteiger partial charge in [-0.25, -0.2) is 0 Å². The van der Waals surface area contributed by atoms with Crippen LogP contribution >= 0.6 is 0 Å². The highest BCUT2D eigenvalue weighted by Crippen LogP contribution is 2.55. The highest BCUT2D eigenvalue weighted by Gasteiger charge is 2.45. The molecule has 1 N–H and O–H groups in total. The van der Waals surface area contributed by atoms with Gasteiger partial charge in [-0.2, -0.15) is 0 Å². The number of hydrogen-bond donors (Lipinski definition) is 1. The highest BCUT2D eigenvalue weighted by molar-refractivity contribution is 6.01. The molecule has 1 unspecified atom stereocenters. The van der Waals surface area contributed by atoms with Crippen LogP contribution in [-0.4, -0.2) is 5.11 Å². The topological polar surface area (TPSA) is 20.2 Å². The number of fused-ring (bicyclic) bond motifs is 5. The van der Waals surface area contributed by atoms with Crippen LogP contribution < -0.4 is 0 Å². The van der Waals surface area contributed by atoms with Crippen molar-refractivity contribution in [3.63, 3.8) is 0 Å². The van der Waals surface area contributed by atoms with Gasteiger partial charge in [-0.15, -0.1) is 0 Å². The molecule has 1 heteroatoms. The Hall–Kier alpha value is -4.20. The van der Waals surface area contributed by atoms with E-state index >= 15 is 0 Å². The van der Waals surface area contributed by atoms with Crippen molar-refractivity contribution in [3.8, 4) is 22.3 Å². The van der Waals surface area contributed by atoms with Crippen molar-refractivity contribution in [1.29, 1.82) is 0 Å². The van der Waals surface area contributed by atoms with Gasteiger partial charge in [-0.05, 0) is 43.8 Å². The minimum Gasteiger partial charge on any atom is -0.376 e. The summed E-state index contributed by atoms with van der Waals surface area (Å²) in [6, 6.07) is 44.2. The third kappa shape index (κ3) is 2.53. The van der Waals surface area contributed by atoms with Crippen LogP contribution in [0.25, 0.3) is 43.8 Å². The lowest BCUT2D eigenvalue weighted by atomic mass is 9.78. The Morgan fingerprint density at radius 3 is 1.68 bits per heavy atom. The Labute approximate surface area is 198 Å². The summed E-state index contributed by atoms with van der Waals surface area (Å²) in [4.78, 5) is 0. The smallest absolute Gasteiger partial charge is 0.142 e. The Morgan fingerprint density at radius 2 is 0.853 bits per heavy atom. The van der Waals surface area contributed by atoms with Gasteiger partial charge in [0.25, 0.3) is 0 Å². The zero-order valence-electron chi connectivity index (χ0n) is 18.6. The molecule has 0 spiro atoms. The van der Waals surface area contributed by atoms with Gasteiger partial charge in [0, 0.05) is 16.7 Å². The quantitative estimate of drug-likeness (QED) is 0.293. The molecule has 1 aliphatic rings. The molecule has 0 radical (unpaired) electrons. The van der Waals surface area contributed by atoms with Gasteiger partial charge in [-0.3, -0.25) is 0 Å². The minimum absolute atomic E-state index is 0.921. The summed E-state index contributed by atoms with van der Waals surface area (Å²) in [7, 11) is 0. The SMILES string of the molecule is OC1(c2cccc3ccccc23)c2ccccc2-c2cccc(-c3cccc4ccccc34)c21. The molecular formula is C33H22O. The molecule has 7 rings (SSSR count). The van der Waals surface area contributed by atoms with Crippen molar-refractivity contribution in [2.24, 2.45) is 0 Å². The van der Waals surface area contributed by atoms with Gasteiger partial charge < -0.3 is 5.11 Å². The van der Waals surface area contributed by atoms with E-state index in [0.29, 0.717) is 0 Å². The molecule has 0 saturated carbocycles. The number of aliphatic hydroxyl groups is 1. The average molecular weight is 435 g/mol. The molecule has 0 fully saturated rings. The van der Waals surface area contributed by atoms with Crippen LogP contribution in [0.15, 0.2) is 127 Å². The van der Waals surface area contributed by atoms with Gasteiger partial charge in [0.1, 0.15) is 5.60 Å². The second-order valence-electron chi connectivity index (χ2n) is 9.04. The molecular weight excluding hydrogens is 412 g/mol. The van der Waals surface area contributed by atoms with E-state index in [1.807, 2.05) is 18.2 Å². The van der Waals surface area contributed by atoms with Gasteiger partial charge in [-0.1, -0.05) is 127 Å². The van der Waals surface area contributed by atoms with Gasteiger partial charge in [0.15, 0.2) is 0 Å². The maximum absolute atomic E-state index is 12.9. The molecule has 0 heterocycles. The number of rotatable bonds is 2. The molecule has 1 nitrogen and oxygen atoms in total. The van der Waals surface area contributed by atoms with Crippen molar-refractivity contribution in [1.82, 2.24) is 0 Å². The van der Waals surface area contributed by atoms with E-state index in [1.54, 1.807) is 0 Å². The zero-order valence-corrected chi connectivity index (χ0v) is 18.6. The summed E-state index contributed by atoms with van der Waals surface area (Å²) >= 11 is 0. The second-order valence-corrected chi connectivity index (χ2v) is 9.04. The van der Waals surface area contributed by atoms with Crippen molar-refractivity contribution >= 4 is 21.5 Å². The fourth-order valence-electron chi connectivity index (χ4n) is 5.84. The van der Waals surface area contributed by atoms with E-state index in [-0.39, 0.29) is 0 Å². The molecule has 34 heavy (non-hydrogen) atoms. The minimum atomic E-state index is -1.26. The van der Waals surface area contributed by atoms with Crippen LogP contribution in [0.4, 0.5) is 0 Å². The van der Waals surface area contributed by atoms with E-state index in [1.165, 1.54) is 10.8 Å². The normalized spacial score (nSPS) is 16.5. The summed E-state index contributed by atoms with van der Waals surface area (Å²) < 4.78 is 0. The molecule has 1 aliphatic carbocycles. The Kier molecular flexibility index (Phi) is 4.05. The molecule has 160 valence electrons. The zero-order chi connectivity index (χ0) is 22.7. The van der Waals surface area contributed by atoms with Crippen molar-refractivity contribution in [2.45, 2.75) is 5.60 Å². The van der Waals surface area contributed by atoms with Gasteiger partial charge >= 0.3 is 0 Å². The van der Waals surface area contributed by atoms with Crippen molar-refractivity contribution < 1.29 is 5.11 Å². The summed E-state index contributed by atoms with van der Waals surface area (Å²) in [5.74, 6) is 0. The van der Waals surface area contributed by atoms with Gasteiger partial charge in [0.05, 0.1) is 0 Å². The van der Waals surface area contributed by atoms with Crippen LogP contribution in [0.5, 0.6) is 0 Å². The van der Waals surface area contributed by atoms with E-state index in [9.17, 15) is 5.11 Å². The summed E-state index contributed by atoms with van der Waals surface area (Å²) in [6.45, 7) is 0. The number of benzene rings is 6. The fraction of sp³-hybridized carbons (Fsp3) is 0.0303. The van der Waals surface area contributed by atoms with Crippen LogP contribution in [0.3, 0.4) is 0 Å². The molecule has 0 aliphatic heterocycles. The maximum Gasteiger partial charge on any atom is 0.142 e. The third-order valence-electron chi connectivity index (χ3n) is 7.29. The van der Waals surface area contributed by atoms with Crippen LogP contribution in [0.2, 0.25) is 0 Å². The Bertz CT molecular complexity index is 1720. The molecule has 1 atom stereocenters. The summed E-state index contributed by atoms with van der Waals surface area (Å²) in [5.41, 5.74) is 5.96. The first-order valence-corrected chi connectivity index (χ1v) is 11.7. The Balaban J connectivity index is 1.63. The predicted octanol–water partition coefficient (Wildman–Crippen LogP) is 7.92. The first kappa shape index (κ1) is 19.3.